The number of hydrogen-bond acceptors (Lipinski definition) is 3. The second-order valence-corrected chi connectivity index (χ2v) is 3.29. The van der Waals surface area contributed by atoms with Gasteiger partial charge in [-0.1, -0.05) is 30.3 Å². The minimum atomic E-state index is -0.353. The van der Waals surface area contributed by atoms with Crippen molar-refractivity contribution < 1.29 is 13.9 Å². The molecule has 0 aliphatic rings. The number of carbonyl (C=O) groups excluding carboxylic acids is 1. The highest BCUT2D eigenvalue weighted by atomic mass is 16.5. The predicted octanol–water partition coefficient (Wildman–Crippen LogP) is 3.12. The van der Waals surface area contributed by atoms with Crippen LogP contribution < -0.4 is 0 Å². The van der Waals surface area contributed by atoms with Crippen molar-refractivity contribution in [3.05, 3.63) is 48.2 Å². The summed E-state index contributed by atoms with van der Waals surface area (Å²) >= 11 is 0. The third-order valence-corrected chi connectivity index (χ3v) is 2.17. The van der Waals surface area contributed by atoms with Gasteiger partial charge < -0.3 is 9.15 Å². The van der Waals surface area contributed by atoms with Crippen LogP contribution in [0, 0.1) is 0 Å². The van der Waals surface area contributed by atoms with Gasteiger partial charge in [0.2, 0.25) is 0 Å². The number of ether oxygens (including phenoxy) is 1. The maximum absolute atomic E-state index is 11.4. The van der Waals surface area contributed by atoms with E-state index in [0.29, 0.717) is 17.9 Å². The van der Waals surface area contributed by atoms with E-state index >= 15 is 0 Å². The summed E-state index contributed by atoms with van der Waals surface area (Å²) < 4.78 is 10.2. The fourth-order valence-electron chi connectivity index (χ4n) is 1.41. The number of furan rings is 1. The molecule has 82 valence electrons. The van der Waals surface area contributed by atoms with Crippen LogP contribution in [0.15, 0.2) is 47.1 Å². The number of hydrogen-bond donors (Lipinski definition) is 0. The summed E-state index contributed by atoms with van der Waals surface area (Å²) in [5.41, 5.74) is 1.39. The lowest BCUT2D eigenvalue weighted by Gasteiger charge is -1.96. The molecule has 0 radical (unpaired) electrons. The molecule has 0 unspecified atom stereocenters. The summed E-state index contributed by atoms with van der Waals surface area (Å²) in [6.45, 7) is 2.14. The molecule has 1 aromatic carbocycles. The monoisotopic (exact) mass is 216 g/mol. The molecule has 3 nitrogen and oxygen atoms in total. The van der Waals surface area contributed by atoms with Gasteiger partial charge in [0, 0.05) is 5.56 Å². The van der Waals surface area contributed by atoms with Gasteiger partial charge in [0.25, 0.3) is 0 Å². The lowest BCUT2D eigenvalue weighted by atomic mass is 10.1. The van der Waals surface area contributed by atoms with Crippen LogP contribution in [0.2, 0.25) is 0 Å². The van der Waals surface area contributed by atoms with Crippen molar-refractivity contribution in [2.24, 2.45) is 0 Å². The highest BCUT2D eigenvalue weighted by Crippen LogP contribution is 2.21. The molecule has 2 aromatic rings. The Kier molecular flexibility index (Phi) is 3.05. The molecule has 16 heavy (non-hydrogen) atoms. The fourth-order valence-corrected chi connectivity index (χ4v) is 1.41. The molecule has 3 heteroatoms. The Labute approximate surface area is 93.7 Å². The number of carbonyl (C=O) groups is 1. The molecular formula is C13H12O3. The number of benzene rings is 1. The number of rotatable bonds is 3. The zero-order valence-electron chi connectivity index (χ0n) is 8.97. The molecule has 0 saturated heterocycles. The fraction of sp³-hybridized carbons (Fsp3) is 0.154. The molecule has 0 spiro atoms. The highest BCUT2D eigenvalue weighted by molar-refractivity contribution is 5.90. The van der Waals surface area contributed by atoms with Crippen molar-refractivity contribution >= 4 is 5.97 Å². The summed E-state index contributed by atoms with van der Waals surface area (Å²) in [7, 11) is 0. The van der Waals surface area contributed by atoms with E-state index in [0.717, 1.165) is 5.56 Å². The van der Waals surface area contributed by atoms with E-state index in [4.69, 9.17) is 9.15 Å². The second kappa shape index (κ2) is 4.66. The van der Waals surface area contributed by atoms with E-state index in [1.807, 2.05) is 30.3 Å². The molecule has 0 saturated carbocycles. The van der Waals surface area contributed by atoms with Crippen LogP contribution >= 0.6 is 0 Å². The van der Waals surface area contributed by atoms with Gasteiger partial charge in [-0.05, 0) is 13.0 Å². The van der Waals surface area contributed by atoms with Crippen LogP contribution in [0.1, 0.15) is 17.3 Å². The first kappa shape index (κ1) is 10.5. The van der Waals surface area contributed by atoms with E-state index < -0.39 is 0 Å². The Morgan fingerprint density at radius 3 is 2.75 bits per heavy atom. The maximum atomic E-state index is 11.4. The van der Waals surface area contributed by atoms with E-state index in [1.165, 1.54) is 6.26 Å². The Morgan fingerprint density at radius 1 is 1.31 bits per heavy atom. The van der Waals surface area contributed by atoms with Crippen molar-refractivity contribution in [2.45, 2.75) is 6.92 Å². The third kappa shape index (κ3) is 2.14. The Bertz CT molecular complexity index is 471. The summed E-state index contributed by atoms with van der Waals surface area (Å²) in [6.07, 6.45) is 1.42. The predicted molar refractivity (Wildman–Crippen MR) is 60.1 cm³/mol. The summed E-state index contributed by atoms with van der Waals surface area (Å²) in [5.74, 6) is 0.317. The molecule has 0 bridgehead atoms. The molecule has 2 rings (SSSR count). The van der Waals surface area contributed by atoms with Crippen LogP contribution in [-0.2, 0) is 4.74 Å². The minimum absolute atomic E-state index is 0.353. The molecule has 0 fully saturated rings. The van der Waals surface area contributed by atoms with E-state index in [2.05, 4.69) is 0 Å². The van der Waals surface area contributed by atoms with E-state index in [9.17, 15) is 4.79 Å². The largest absolute Gasteiger partial charge is 0.463 e. The van der Waals surface area contributed by atoms with Gasteiger partial charge in [0.1, 0.15) is 12.0 Å². The first-order chi connectivity index (χ1) is 7.81. The summed E-state index contributed by atoms with van der Waals surface area (Å²) in [4.78, 5) is 11.4. The van der Waals surface area contributed by atoms with Crippen LogP contribution in [0.4, 0.5) is 0 Å². The van der Waals surface area contributed by atoms with Gasteiger partial charge in [-0.3, -0.25) is 0 Å². The van der Waals surface area contributed by atoms with Crippen LogP contribution in [0.3, 0.4) is 0 Å². The molecular weight excluding hydrogens is 204 g/mol. The van der Waals surface area contributed by atoms with E-state index in [1.54, 1.807) is 13.0 Å². The first-order valence-corrected chi connectivity index (χ1v) is 5.12. The van der Waals surface area contributed by atoms with Gasteiger partial charge in [-0.25, -0.2) is 4.79 Å². The molecule has 0 aliphatic carbocycles. The number of esters is 1. The van der Waals surface area contributed by atoms with Gasteiger partial charge >= 0.3 is 5.97 Å². The van der Waals surface area contributed by atoms with Gasteiger partial charge in [-0.2, -0.15) is 0 Å². The topological polar surface area (TPSA) is 39.4 Å². The zero-order chi connectivity index (χ0) is 11.4. The molecule has 1 aromatic heterocycles. The SMILES string of the molecule is CCOC(=O)c1coc(-c2ccccc2)c1. The molecule has 0 atom stereocenters. The summed E-state index contributed by atoms with van der Waals surface area (Å²) in [5, 5.41) is 0. The van der Waals surface area contributed by atoms with E-state index in [-0.39, 0.29) is 5.97 Å². The lowest BCUT2D eigenvalue weighted by molar-refractivity contribution is 0.0525. The average Bonchev–Trinajstić information content (AvgIpc) is 2.80. The van der Waals surface area contributed by atoms with Crippen molar-refractivity contribution in [3.63, 3.8) is 0 Å². The van der Waals surface area contributed by atoms with Gasteiger partial charge in [-0.15, -0.1) is 0 Å². The van der Waals surface area contributed by atoms with Crippen LogP contribution in [-0.4, -0.2) is 12.6 Å². The Hall–Kier alpha value is -2.03. The van der Waals surface area contributed by atoms with Crippen molar-refractivity contribution in [3.8, 4) is 11.3 Å². The second-order valence-electron chi connectivity index (χ2n) is 3.29. The third-order valence-electron chi connectivity index (χ3n) is 2.17. The highest BCUT2D eigenvalue weighted by Gasteiger charge is 2.11. The quantitative estimate of drug-likeness (QED) is 0.740. The molecule has 0 N–H and O–H groups in total. The Balaban J connectivity index is 2.23. The Morgan fingerprint density at radius 2 is 2.06 bits per heavy atom. The molecule has 0 aliphatic heterocycles. The minimum Gasteiger partial charge on any atom is -0.463 e. The molecule has 1 heterocycles. The van der Waals surface area contributed by atoms with Crippen molar-refractivity contribution in [1.82, 2.24) is 0 Å². The van der Waals surface area contributed by atoms with Gasteiger partial charge in [0.05, 0.1) is 12.2 Å². The van der Waals surface area contributed by atoms with Crippen LogP contribution in [0.5, 0.6) is 0 Å². The van der Waals surface area contributed by atoms with Gasteiger partial charge in [0.15, 0.2) is 0 Å². The zero-order valence-corrected chi connectivity index (χ0v) is 8.97. The normalized spacial score (nSPS) is 10.1. The van der Waals surface area contributed by atoms with Crippen molar-refractivity contribution in [2.75, 3.05) is 6.61 Å². The molecule has 0 amide bonds. The maximum Gasteiger partial charge on any atom is 0.341 e. The van der Waals surface area contributed by atoms with Crippen molar-refractivity contribution in [1.29, 1.82) is 0 Å². The lowest BCUT2D eigenvalue weighted by Crippen LogP contribution is -2.02. The standard InChI is InChI=1S/C13H12O3/c1-2-15-13(14)11-8-12(16-9-11)10-6-4-3-5-7-10/h3-9H,2H2,1H3. The average molecular weight is 216 g/mol. The summed E-state index contributed by atoms with van der Waals surface area (Å²) in [6, 6.07) is 11.3. The smallest absolute Gasteiger partial charge is 0.341 e. The first-order valence-electron chi connectivity index (χ1n) is 5.12. The van der Waals surface area contributed by atoms with Crippen LogP contribution in [0.25, 0.3) is 11.3 Å².